The van der Waals surface area contributed by atoms with Crippen molar-refractivity contribution in [2.75, 3.05) is 0 Å². The lowest BCUT2D eigenvalue weighted by Crippen LogP contribution is -2.00. The molecule has 4 nitrogen and oxygen atoms in total. The van der Waals surface area contributed by atoms with Gasteiger partial charge >= 0.3 is 5.97 Å². The molecule has 2 aromatic heterocycles. The maximum absolute atomic E-state index is 11.5. The fourth-order valence-electron chi connectivity index (χ4n) is 2.94. The van der Waals surface area contributed by atoms with Crippen LogP contribution >= 0.6 is 39.1 Å². The fourth-order valence-corrected chi connectivity index (χ4v) is 3.82. The third-order valence-corrected chi connectivity index (χ3v) is 5.33. The molecule has 0 amide bonds. The number of hydrogen-bond acceptors (Lipinski definition) is 2. The van der Waals surface area contributed by atoms with Crippen molar-refractivity contribution in [1.82, 2.24) is 9.38 Å². The maximum atomic E-state index is 11.5. The Labute approximate surface area is 173 Å². The molecule has 7 heteroatoms. The smallest absolute Gasteiger partial charge is 0.337 e. The number of nitrogens with zero attached hydrogens (tertiary/aromatic N) is 2. The average Bonchev–Trinajstić information content (AvgIpc) is 3.02. The third kappa shape index (κ3) is 3.23. The molecule has 27 heavy (non-hydrogen) atoms. The van der Waals surface area contributed by atoms with E-state index < -0.39 is 5.97 Å². The molecular formula is C20H11BrCl2N2O2. The summed E-state index contributed by atoms with van der Waals surface area (Å²) in [5.41, 5.74) is 3.74. The quantitative estimate of drug-likeness (QED) is 0.382. The van der Waals surface area contributed by atoms with Gasteiger partial charge in [0.2, 0.25) is 0 Å². The highest BCUT2D eigenvalue weighted by molar-refractivity contribution is 9.10. The Kier molecular flexibility index (Phi) is 4.68. The maximum Gasteiger partial charge on any atom is 0.337 e. The van der Waals surface area contributed by atoms with Gasteiger partial charge in [-0.2, -0.15) is 0 Å². The first-order valence-corrected chi connectivity index (χ1v) is 9.46. The van der Waals surface area contributed by atoms with Crippen molar-refractivity contribution in [1.29, 1.82) is 0 Å². The number of fused-ring (bicyclic) bond motifs is 1. The molecule has 4 aromatic rings. The predicted molar refractivity (Wildman–Crippen MR) is 111 cm³/mol. The van der Waals surface area contributed by atoms with Crippen LogP contribution in [0.3, 0.4) is 0 Å². The van der Waals surface area contributed by atoms with Crippen molar-refractivity contribution < 1.29 is 9.90 Å². The number of imidazole rings is 1. The van der Waals surface area contributed by atoms with Crippen LogP contribution in [0.2, 0.25) is 10.0 Å². The van der Waals surface area contributed by atoms with Crippen molar-refractivity contribution >= 4 is 50.7 Å². The van der Waals surface area contributed by atoms with E-state index in [2.05, 4.69) is 15.9 Å². The molecule has 4 rings (SSSR count). The van der Waals surface area contributed by atoms with Gasteiger partial charge < -0.3 is 5.11 Å². The largest absolute Gasteiger partial charge is 0.478 e. The molecule has 0 fully saturated rings. The minimum atomic E-state index is -1.02. The van der Waals surface area contributed by atoms with Gasteiger partial charge in [0.1, 0.15) is 0 Å². The van der Waals surface area contributed by atoms with Crippen LogP contribution in [0.4, 0.5) is 0 Å². The van der Waals surface area contributed by atoms with Crippen LogP contribution in [-0.4, -0.2) is 20.5 Å². The summed E-state index contributed by atoms with van der Waals surface area (Å²) in [6.07, 6.45) is 1.55. The van der Waals surface area contributed by atoms with Crippen molar-refractivity contribution in [3.05, 3.63) is 80.9 Å². The average molecular weight is 462 g/mol. The van der Waals surface area contributed by atoms with Crippen LogP contribution < -0.4 is 0 Å². The Morgan fingerprint density at radius 1 is 1.07 bits per heavy atom. The van der Waals surface area contributed by atoms with Gasteiger partial charge in [0.05, 0.1) is 21.4 Å². The summed E-state index contributed by atoms with van der Waals surface area (Å²) in [4.78, 5) is 16.3. The van der Waals surface area contributed by atoms with Gasteiger partial charge in [-0.25, -0.2) is 9.78 Å². The first-order chi connectivity index (χ1) is 13.0. The number of rotatable bonds is 3. The topological polar surface area (TPSA) is 54.6 Å². The first kappa shape index (κ1) is 18.0. The summed E-state index contributed by atoms with van der Waals surface area (Å²) in [6, 6.07) is 16.2. The Balaban J connectivity index is 2.12. The molecule has 0 saturated carbocycles. The summed E-state index contributed by atoms with van der Waals surface area (Å²) in [5.74, 6) is -1.02. The molecular weight excluding hydrogens is 451 g/mol. The van der Waals surface area contributed by atoms with Gasteiger partial charge in [0, 0.05) is 27.4 Å². The molecule has 0 atom stereocenters. The number of aromatic carboxylic acids is 1. The molecule has 0 spiro atoms. The van der Waals surface area contributed by atoms with Gasteiger partial charge in [-0.3, -0.25) is 4.40 Å². The second-order valence-electron chi connectivity index (χ2n) is 5.87. The van der Waals surface area contributed by atoms with Crippen molar-refractivity contribution in [2.24, 2.45) is 0 Å². The number of hydrogen-bond donors (Lipinski definition) is 1. The highest BCUT2D eigenvalue weighted by Gasteiger charge is 2.21. The molecule has 0 bridgehead atoms. The number of aromatic nitrogens is 2. The minimum Gasteiger partial charge on any atom is -0.478 e. The lowest BCUT2D eigenvalue weighted by Gasteiger charge is -2.09. The Hall–Kier alpha value is -2.34. The molecule has 0 aliphatic heterocycles. The Morgan fingerprint density at radius 2 is 1.78 bits per heavy atom. The molecule has 2 heterocycles. The monoisotopic (exact) mass is 460 g/mol. The van der Waals surface area contributed by atoms with E-state index in [4.69, 9.17) is 28.2 Å². The van der Waals surface area contributed by atoms with Gasteiger partial charge in [0.15, 0.2) is 5.65 Å². The van der Waals surface area contributed by atoms with Crippen LogP contribution in [0.1, 0.15) is 10.4 Å². The van der Waals surface area contributed by atoms with E-state index in [1.807, 2.05) is 30.3 Å². The van der Waals surface area contributed by atoms with Gasteiger partial charge in [-0.05, 0) is 40.2 Å². The Bertz CT molecular complexity index is 1190. The predicted octanol–water partition coefficient (Wildman–Crippen LogP) is 6.44. The van der Waals surface area contributed by atoms with Crippen LogP contribution in [-0.2, 0) is 0 Å². The van der Waals surface area contributed by atoms with Gasteiger partial charge in [-0.15, -0.1) is 0 Å². The lowest BCUT2D eigenvalue weighted by atomic mass is 10.0. The normalized spacial score (nSPS) is 11.1. The second-order valence-corrected chi connectivity index (χ2v) is 7.57. The van der Waals surface area contributed by atoms with E-state index >= 15 is 0 Å². The minimum absolute atomic E-state index is 0.141. The highest BCUT2D eigenvalue weighted by atomic mass is 79.9. The first-order valence-electron chi connectivity index (χ1n) is 7.91. The van der Waals surface area contributed by atoms with E-state index in [1.165, 1.54) is 6.07 Å². The summed E-state index contributed by atoms with van der Waals surface area (Å²) in [5, 5.41) is 10.6. The number of carboxylic acid groups (broad SMARTS) is 1. The van der Waals surface area contributed by atoms with Crippen molar-refractivity contribution in [3.63, 3.8) is 0 Å². The molecule has 0 aliphatic carbocycles. The van der Waals surface area contributed by atoms with E-state index in [9.17, 15) is 9.90 Å². The number of pyridine rings is 1. The van der Waals surface area contributed by atoms with Crippen LogP contribution in [0.25, 0.3) is 28.2 Å². The standard InChI is InChI=1S/C20H11BrCl2N2O2/c21-15-9-12(20(26)27)10-25-18(14-3-1-2-4-16(14)23)17(24-19(15)25)11-5-7-13(22)8-6-11/h1-10H,(H,26,27). The van der Waals surface area contributed by atoms with Crippen molar-refractivity contribution in [3.8, 4) is 22.5 Å². The molecule has 0 radical (unpaired) electrons. The Morgan fingerprint density at radius 3 is 2.44 bits per heavy atom. The van der Waals surface area contributed by atoms with Crippen LogP contribution in [0.15, 0.2) is 65.3 Å². The van der Waals surface area contributed by atoms with Crippen molar-refractivity contribution in [2.45, 2.75) is 0 Å². The summed E-state index contributed by atoms with van der Waals surface area (Å²) >= 11 is 15.9. The molecule has 0 aliphatic rings. The fraction of sp³-hybridized carbons (Fsp3) is 0. The molecule has 2 aromatic carbocycles. The zero-order valence-corrected chi connectivity index (χ0v) is 16.8. The molecule has 1 N–H and O–H groups in total. The number of benzene rings is 2. The van der Waals surface area contributed by atoms with Crippen LogP contribution in [0.5, 0.6) is 0 Å². The molecule has 134 valence electrons. The van der Waals surface area contributed by atoms with Crippen LogP contribution in [0, 0.1) is 0 Å². The van der Waals surface area contributed by atoms with Gasteiger partial charge in [0.25, 0.3) is 0 Å². The number of carbonyl (C=O) groups is 1. The highest BCUT2D eigenvalue weighted by Crippen LogP contribution is 2.38. The van der Waals surface area contributed by atoms with Gasteiger partial charge in [-0.1, -0.05) is 53.5 Å². The third-order valence-electron chi connectivity index (χ3n) is 4.17. The zero-order chi connectivity index (χ0) is 19.1. The lowest BCUT2D eigenvalue weighted by molar-refractivity contribution is 0.0696. The molecule has 0 saturated heterocycles. The summed E-state index contributed by atoms with van der Waals surface area (Å²) in [7, 11) is 0. The number of carboxylic acids is 1. The van der Waals surface area contributed by atoms with E-state index in [0.29, 0.717) is 31.6 Å². The second kappa shape index (κ2) is 7.00. The van der Waals surface area contributed by atoms with E-state index in [-0.39, 0.29) is 5.56 Å². The number of halogens is 3. The summed E-state index contributed by atoms with van der Waals surface area (Å²) < 4.78 is 2.33. The molecule has 0 unspecified atom stereocenters. The van der Waals surface area contributed by atoms with E-state index in [0.717, 1.165) is 11.1 Å². The van der Waals surface area contributed by atoms with E-state index in [1.54, 1.807) is 28.8 Å². The SMILES string of the molecule is O=C(O)c1cc(Br)c2nc(-c3ccc(Cl)cc3)c(-c3ccccc3Cl)n2c1. The summed E-state index contributed by atoms with van der Waals surface area (Å²) in [6.45, 7) is 0. The zero-order valence-electron chi connectivity index (χ0n) is 13.7.